The van der Waals surface area contributed by atoms with Gasteiger partial charge >= 0.3 is 5.97 Å². The van der Waals surface area contributed by atoms with Crippen molar-refractivity contribution in [3.05, 3.63) is 12.2 Å². The van der Waals surface area contributed by atoms with Crippen molar-refractivity contribution in [1.29, 1.82) is 0 Å². The summed E-state index contributed by atoms with van der Waals surface area (Å²) in [7, 11) is 1.19. The summed E-state index contributed by atoms with van der Waals surface area (Å²) in [5.41, 5.74) is -0.155. The molecule has 0 saturated carbocycles. The second-order valence-corrected chi connectivity index (χ2v) is 1.87. The largest absolute Gasteiger partial charge is 0.465 e. The van der Waals surface area contributed by atoms with Crippen molar-refractivity contribution in [3.63, 3.8) is 0 Å². The standard InChI is InChI=1S/C6H8O3S/c1-4(5(7)3-10)6(8)9-2/h10H,1,3H2,2H3. The molecule has 0 heterocycles. The summed E-state index contributed by atoms with van der Waals surface area (Å²) >= 11 is 3.67. The predicted molar refractivity (Wildman–Crippen MR) is 40.0 cm³/mol. The molecule has 4 heteroatoms. The lowest BCUT2D eigenvalue weighted by Crippen LogP contribution is -2.13. The molecule has 0 spiro atoms. The molecule has 0 rings (SSSR count). The van der Waals surface area contributed by atoms with Gasteiger partial charge in [0.2, 0.25) is 0 Å². The van der Waals surface area contributed by atoms with E-state index in [1.807, 2.05) is 0 Å². The Morgan fingerprint density at radius 2 is 2.10 bits per heavy atom. The van der Waals surface area contributed by atoms with Gasteiger partial charge in [0.15, 0.2) is 5.78 Å². The van der Waals surface area contributed by atoms with Gasteiger partial charge in [-0.05, 0) is 0 Å². The van der Waals surface area contributed by atoms with Crippen LogP contribution in [0.1, 0.15) is 0 Å². The van der Waals surface area contributed by atoms with E-state index in [9.17, 15) is 9.59 Å². The first-order valence-electron chi connectivity index (χ1n) is 2.54. The van der Waals surface area contributed by atoms with E-state index in [1.54, 1.807) is 0 Å². The van der Waals surface area contributed by atoms with Crippen molar-refractivity contribution < 1.29 is 14.3 Å². The van der Waals surface area contributed by atoms with E-state index in [4.69, 9.17) is 0 Å². The van der Waals surface area contributed by atoms with Crippen molar-refractivity contribution >= 4 is 24.4 Å². The van der Waals surface area contributed by atoms with Gasteiger partial charge in [0.1, 0.15) is 0 Å². The highest BCUT2D eigenvalue weighted by atomic mass is 32.1. The zero-order valence-corrected chi connectivity index (χ0v) is 6.48. The van der Waals surface area contributed by atoms with Crippen LogP contribution in [0.3, 0.4) is 0 Å². The van der Waals surface area contributed by atoms with Crippen LogP contribution in [0.2, 0.25) is 0 Å². The van der Waals surface area contributed by atoms with E-state index >= 15 is 0 Å². The first kappa shape index (κ1) is 9.23. The third-order valence-corrected chi connectivity index (χ3v) is 1.20. The van der Waals surface area contributed by atoms with Crippen LogP contribution < -0.4 is 0 Å². The van der Waals surface area contributed by atoms with Gasteiger partial charge in [0.25, 0.3) is 0 Å². The highest BCUT2D eigenvalue weighted by Crippen LogP contribution is 1.96. The highest BCUT2D eigenvalue weighted by Gasteiger charge is 2.13. The smallest absolute Gasteiger partial charge is 0.340 e. The fourth-order valence-corrected chi connectivity index (χ4v) is 0.523. The summed E-state index contributed by atoms with van der Waals surface area (Å²) in [4.78, 5) is 21.2. The minimum atomic E-state index is -0.695. The number of rotatable bonds is 3. The molecular weight excluding hydrogens is 152 g/mol. The lowest BCUT2D eigenvalue weighted by molar-refractivity contribution is -0.137. The van der Waals surface area contributed by atoms with E-state index in [0.29, 0.717) is 0 Å². The highest BCUT2D eigenvalue weighted by molar-refractivity contribution is 7.81. The van der Waals surface area contributed by atoms with Gasteiger partial charge in [-0.1, -0.05) is 6.58 Å². The van der Waals surface area contributed by atoms with Gasteiger partial charge in [-0.3, -0.25) is 4.79 Å². The molecule has 10 heavy (non-hydrogen) atoms. The van der Waals surface area contributed by atoms with Gasteiger partial charge in [0.05, 0.1) is 18.4 Å². The molecule has 56 valence electrons. The van der Waals surface area contributed by atoms with Crippen molar-refractivity contribution in [2.24, 2.45) is 0 Å². The lowest BCUT2D eigenvalue weighted by atomic mass is 10.2. The molecule has 0 bridgehead atoms. The second kappa shape index (κ2) is 4.11. The molecule has 0 N–H and O–H groups in total. The Morgan fingerprint density at radius 3 is 2.40 bits per heavy atom. The molecule has 0 aliphatic carbocycles. The van der Waals surface area contributed by atoms with Gasteiger partial charge in [0, 0.05) is 0 Å². The van der Waals surface area contributed by atoms with Crippen LogP contribution >= 0.6 is 12.6 Å². The Balaban J connectivity index is 4.09. The van der Waals surface area contributed by atoms with Crippen LogP contribution in [-0.4, -0.2) is 24.6 Å². The molecule has 0 aromatic heterocycles. The molecule has 0 amide bonds. The van der Waals surface area contributed by atoms with E-state index in [0.717, 1.165) is 0 Å². The fraction of sp³-hybridized carbons (Fsp3) is 0.333. The maximum absolute atomic E-state index is 10.6. The summed E-state index contributed by atoms with van der Waals surface area (Å²) in [5, 5.41) is 0. The first-order chi connectivity index (χ1) is 4.63. The first-order valence-corrected chi connectivity index (χ1v) is 3.18. The van der Waals surface area contributed by atoms with Crippen molar-refractivity contribution in [1.82, 2.24) is 0 Å². The van der Waals surface area contributed by atoms with Crippen LogP contribution in [-0.2, 0) is 14.3 Å². The number of esters is 1. The van der Waals surface area contributed by atoms with Crippen LogP contribution in [0.25, 0.3) is 0 Å². The monoisotopic (exact) mass is 160 g/mol. The molecule has 0 aromatic rings. The van der Waals surface area contributed by atoms with Crippen LogP contribution in [0.5, 0.6) is 0 Å². The molecular formula is C6H8O3S. The third kappa shape index (κ3) is 2.23. The Hall–Kier alpha value is -0.770. The molecule has 0 radical (unpaired) electrons. The molecule has 0 aromatic carbocycles. The van der Waals surface area contributed by atoms with E-state index < -0.39 is 11.8 Å². The number of ether oxygens (including phenoxy) is 1. The predicted octanol–water partition coefficient (Wildman–Crippen LogP) is 0.214. The van der Waals surface area contributed by atoms with Gasteiger partial charge in [-0.2, -0.15) is 12.6 Å². The van der Waals surface area contributed by atoms with E-state index in [1.165, 1.54) is 7.11 Å². The summed E-state index contributed by atoms with van der Waals surface area (Å²) in [5.74, 6) is -1.12. The molecule has 0 atom stereocenters. The number of carbonyl (C=O) groups excluding carboxylic acids is 2. The second-order valence-electron chi connectivity index (χ2n) is 1.55. The Labute approximate surface area is 64.5 Å². The van der Waals surface area contributed by atoms with Crippen molar-refractivity contribution in [2.75, 3.05) is 12.9 Å². The number of hydrogen-bond acceptors (Lipinski definition) is 4. The maximum atomic E-state index is 10.6. The van der Waals surface area contributed by atoms with E-state index in [2.05, 4.69) is 23.9 Å². The molecule has 0 aliphatic heterocycles. The SMILES string of the molecule is C=C(C(=O)CS)C(=O)OC. The zero-order chi connectivity index (χ0) is 8.15. The van der Waals surface area contributed by atoms with Crippen LogP contribution in [0.4, 0.5) is 0 Å². The summed E-state index contributed by atoms with van der Waals surface area (Å²) < 4.78 is 4.24. The topological polar surface area (TPSA) is 43.4 Å². The molecule has 0 saturated heterocycles. The normalized spacial score (nSPS) is 8.60. The molecule has 0 unspecified atom stereocenters. The van der Waals surface area contributed by atoms with Gasteiger partial charge in [-0.15, -0.1) is 0 Å². The number of hydrogen-bond donors (Lipinski definition) is 1. The average molecular weight is 160 g/mol. The van der Waals surface area contributed by atoms with Crippen molar-refractivity contribution in [3.8, 4) is 0 Å². The molecule has 3 nitrogen and oxygen atoms in total. The van der Waals surface area contributed by atoms with E-state index in [-0.39, 0.29) is 11.3 Å². The fourth-order valence-electron chi connectivity index (χ4n) is 0.332. The summed E-state index contributed by atoms with van der Waals surface area (Å²) in [6, 6.07) is 0. The number of Topliss-reactive ketones (excluding diaryl/α,β-unsaturated/α-hetero) is 1. The Kier molecular flexibility index (Phi) is 3.79. The quantitative estimate of drug-likeness (QED) is 0.211. The zero-order valence-electron chi connectivity index (χ0n) is 5.59. The van der Waals surface area contributed by atoms with Crippen molar-refractivity contribution in [2.45, 2.75) is 0 Å². The Bertz CT molecular complexity index is 156. The number of ketones is 1. The number of methoxy groups -OCH3 is 1. The lowest BCUT2D eigenvalue weighted by Gasteiger charge is -1.97. The third-order valence-electron chi connectivity index (χ3n) is 0.912. The van der Waals surface area contributed by atoms with Crippen LogP contribution in [0, 0.1) is 0 Å². The summed E-state index contributed by atoms with van der Waals surface area (Å²) in [6.45, 7) is 3.22. The maximum Gasteiger partial charge on any atom is 0.340 e. The minimum Gasteiger partial charge on any atom is -0.465 e. The van der Waals surface area contributed by atoms with Gasteiger partial charge < -0.3 is 4.74 Å². The molecule has 0 fully saturated rings. The number of thiol groups is 1. The minimum absolute atomic E-state index is 0.0199. The average Bonchev–Trinajstić information content (AvgIpc) is 2.00. The number of carbonyl (C=O) groups is 2. The van der Waals surface area contributed by atoms with Crippen LogP contribution in [0.15, 0.2) is 12.2 Å². The molecule has 0 aliphatic rings. The Morgan fingerprint density at radius 1 is 1.60 bits per heavy atom. The summed E-state index contributed by atoms with van der Waals surface area (Å²) in [6.07, 6.45) is 0. The van der Waals surface area contributed by atoms with Gasteiger partial charge in [-0.25, -0.2) is 4.79 Å².